The molecule has 0 bridgehead atoms. The summed E-state index contributed by atoms with van der Waals surface area (Å²) >= 11 is 5.67. The molecule has 2 heterocycles. The molecule has 114 valence electrons. The third kappa shape index (κ3) is 4.10. The third-order valence-electron chi connectivity index (χ3n) is 3.12. The van der Waals surface area contributed by atoms with Crippen LogP contribution in [-0.4, -0.2) is 60.1 Å². The summed E-state index contributed by atoms with van der Waals surface area (Å²) in [4.78, 5) is 28.0. The number of aromatic nitrogens is 1. The molecule has 1 saturated heterocycles. The number of morpholine rings is 1. The molecule has 0 radical (unpaired) electrons. The molecule has 1 aromatic heterocycles. The lowest BCUT2D eigenvalue weighted by atomic mass is 10.2. The molecule has 1 amide bonds. The van der Waals surface area contributed by atoms with Crippen LogP contribution in [0.4, 0.5) is 5.69 Å². The minimum absolute atomic E-state index is 0.0815. The number of ether oxygens (including phenoxy) is 1. The van der Waals surface area contributed by atoms with E-state index >= 15 is 0 Å². The number of rotatable bonds is 5. The van der Waals surface area contributed by atoms with Crippen LogP contribution >= 0.6 is 11.6 Å². The Labute approximate surface area is 126 Å². The molecule has 0 aromatic carbocycles. The quantitative estimate of drug-likeness (QED) is 0.488. The Morgan fingerprint density at radius 3 is 2.90 bits per heavy atom. The van der Waals surface area contributed by atoms with Gasteiger partial charge < -0.3 is 10.1 Å². The molecule has 9 heteroatoms. The molecule has 0 atom stereocenters. The molecule has 21 heavy (non-hydrogen) atoms. The highest BCUT2D eigenvalue weighted by molar-refractivity contribution is 6.32. The van der Waals surface area contributed by atoms with E-state index in [9.17, 15) is 14.9 Å². The topological polar surface area (TPSA) is 97.6 Å². The molecule has 1 N–H and O–H groups in total. The van der Waals surface area contributed by atoms with Crippen molar-refractivity contribution in [2.24, 2.45) is 0 Å². The number of amides is 1. The van der Waals surface area contributed by atoms with Crippen molar-refractivity contribution in [2.75, 3.05) is 39.4 Å². The predicted molar refractivity (Wildman–Crippen MR) is 75.5 cm³/mol. The molecule has 0 spiro atoms. The van der Waals surface area contributed by atoms with Crippen LogP contribution in [0, 0.1) is 10.1 Å². The average Bonchev–Trinajstić information content (AvgIpc) is 2.47. The molecule has 1 fully saturated rings. The molecule has 1 aliphatic heterocycles. The molecule has 1 aliphatic rings. The van der Waals surface area contributed by atoms with Crippen LogP contribution in [0.2, 0.25) is 5.15 Å². The number of pyridine rings is 1. The van der Waals surface area contributed by atoms with Crippen LogP contribution in [0.5, 0.6) is 0 Å². The van der Waals surface area contributed by atoms with Crippen LogP contribution in [0.1, 0.15) is 10.4 Å². The van der Waals surface area contributed by atoms with Gasteiger partial charge >= 0.3 is 5.69 Å². The Kier molecular flexibility index (Phi) is 5.43. The van der Waals surface area contributed by atoms with Crippen LogP contribution in [0.15, 0.2) is 12.3 Å². The number of hydrogen-bond donors (Lipinski definition) is 1. The van der Waals surface area contributed by atoms with E-state index in [0.29, 0.717) is 26.3 Å². The Morgan fingerprint density at radius 2 is 2.24 bits per heavy atom. The molecule has 0 aliphatic carbocycles. The summed E-state index contributed by atoms with van der Waals surface area (Å²) in [7, 11) is 0. The van der Waals surface area contributed by atoms with Gasteiger partial charge in [-0.25, -0.2) is 4.98 Å². The summed E-state index contributed by atoms with van der Waals surface area (Å²) in [6.07, 6.45) is 1.27. The summed E-state index contributed by atoms with van der Waals surface area (Å²) in [5, 5.41) is 13.3. The molecule has 8 nitrogen and oxygen atoms in total. The smallest absolute Gasteiger partial charge is 0.319 e. The fourth-order valence-corrected chi connectivity index (χ4v) is 2.26. The van der Waals surface area contributed by atoms with Crippen LogP contribution in [0.25, 0.3) is 0 Å². The Morgan fingerprint density at radius 1 is 1.52 bits per heavy atom. The first-order chi connectivity index (χ1) is 10.1. The molecular weight excluding hydrogens is 300 g/mol. The summed E-state index contributed by atoms with van der Waals surface area (Å²) in [5.41, 5.74) is -0.551. The molecule has 1 aromatic rings. The number of nitrogens with one attached hydrogen (secondary N) is 1. The van der Waals surface area contributed by atoms with E-state index in [4.69, 9.17) is 16.3 Å². The van der Waals surface area contributed by atoms with Crippen molar-refractivity contribution in [3.63, 3.8) is 0 Å². The predicted octanol–water partition coefficient (Wildman–Crippen LogP) is 0.705. The molecular formula is C12H15ClN4O4. The van der Waals surface area contributed by atoms with Gasteiger partial charge in [-0.3, -0.25) is 19.8 Å². The van der Waals surface area contributed by atoms with Crippen molar-refractivity contribution < 1.29 is 14.5 Å². The van der Waals surface area contributed by atoms with Gasteiger partial charge in [-0.15, -0.1) is 0 Å². The fourth-order valence-electron chi connectivity index (χ4n) is 2.03. The van der Waals surface area contributed by atoms with Gasteiger partial charge in [-0.2, -0.15) is 0 Å². The number of nitro groups is 1. The van der Waals surface area contributed by atoms with E-state index < -0.39 is 16.5 Å². The van der Waals surface area contributed by atoms with E-state index in [-0.39, 0.29) is 10.7 Å². The van der Waals surface area contributed by atoms with Gasteiger partial charge in [0.15, 0.2) is 0 Å². The first kappa shape index (κ1) is 15.6. The van der Waals surface area contributed by atoms with Gasteiger partial charge in [0.1, 0.15) is 5.56 Å². The van der Waals surface area contributed by atoms with Crippen molar-refractivity contribution >= 4 is 23.2 Å². The van der Waals surface area contributed by atoms with E-state index in [1.807, 2.05) is 0 Å². The van der Waals surface area contributed by atoms with E-state index in [1.54, 1.807) is 0 Å². The second-order valence-electron chi connectivity index (χ2n) is 4.46. The zero-order valence-corrected chi connectivity index (χ0v) is 12.0. The van der Waals surface area contributed by atoms with Crippen molar-refractivity contribution in [2.45, 2.75) is 0 Å². The highest BCUT2D eigenvalue weighted by Crippen LogP contribution is 2.25. The Bertz CT molecular complexity index is 534. The highest BCUT2D eigenvalue weighted by atomic mass is 35.5. The SMILES string of the molecule is O=C(NCCN1CCOCC1)c1ccnc(Cl)c1[N+](=O)[O-]. The first-order valence-corrected chi connectivity index (χ1v) is 6.84. The van der Waals surface area contributed by atoms with Crippen LogP contribution < -0.4 is 5.32 Å². The summed E-state index contributed by atoms with van der Waals surface area (Å²) in [6.45, 7) is 4.06. The van der Waals surface area contributed by atoms with Gasteiger partial charge in [0, 0.05) is 32.4 Å². The lowest BCUT2D eigenvalue weighted by Gasteiger charge is -2.26. The van der Waals surface area contributed by atoms with Crippen LogP contribution in [-0.2, 0) is 4.74 Å². The van der Waals surface area contributed by atoms with E-state index in [1.165, 1.54) is 12.3 Å². The Hall–Kier alpha value is -1.77. The number of carbonyl (C=O) groups is 1. The van der Waals surface area contributed by atoms with Crippen molar-refractivity contribution in [3.05, 3.63) is 33.1 Å². The molecule has 0 saturated carbocycles. The lowest BCUT2D eigenvalue weighted by molar-refractivity contribution is -0.385. The maximum Gasteiger partial charge on any atom is 0.319 e. The number of halogens is 1. The Balaban J connectivity index is 1.94. The van der Waals surface area contributed by atoms with Gasteiger partial charge in [0.05, 0.1) is 18.1 Å². The second-order valence-corrected chi connectivity index (χ2v) is 4.82. The summed E-state index contributed by atoms with van der Waals surface area (Å²) in [6, 6.07) is 1.29. The lowest BCUT2D eigenvalue weighted by Crippen LogP contribution is -2.41. The van der Waals surface area contributed by atoms with E-state index in [2.05, 4.69) is 15.2 Å². The van der Waals surface area contributed by atoms with Crippen LogP contribution in [0.3, 0.4) is 0 Å². The van der Waals surface area contributed by atoms with E-state index in [0.717, 1.165) is 13.1 Å². The summed E-state index contributed by atoms with van der Waals surface area (Å²) < 4.78 is 5.23. The second kappa shape index (κ2) is 7.30. The normalized spacial score (nSPS) is 15.7. The van der Waals surface area contributed by atoms with Gasteiger partial charge in [-0.1, -0.05) is 11.6 Å². The number of hydrogen-bond acceptors (Lipinski definition) is 6. The number of carbonyl (C=O) groups excluding carboxylic acids is 1. The van der Waals surface area contributed by atoms with Crippen molar-refractivity contribution in [1.29, 1.82) is 0 Å². The standard InChI is InChI=1S/C12H15ClN4O4/c13-11-10(17(19)20)9(1-2-14-11)12(18)15-3-4-16-5-7-21-8-6-16/h1-2H,3-8H2,(H,15,18). The van der Waals surface area contributed by atoms with Gasteiger partial charge in [-0.05, 0) is 6.07 Å². The highest BCUT2D eigenvalue weighted by Gasteiger charge is 2.24. The zero-order valence-electron chi connectivity index (χ0n) is 11.2. The first-order valence-electron chi connectivity index (χ1n) is 6.47. The largest absolute Gasteiger partial charge is 0.379 e. The maximum absolute atomic E-state index is 12.0. The van der Waals surface area contributed by atoms with Crippen molar-refractivity contribution in [1.82, 2.24) is 15.2 Å². The number of nitrogens with zero attached hydrogens (tertiary/aromatic N) is 3. The molecule has 2 rings (SSSR count). The summed E-state index contributed by atoms with van der Waals surface area (Å²) in [5.74, 6) is -0.528. The monoisotopic (exact) mass is 314 g/mol. The molecule has 0 unspecified atom stereocenters. The van der Waals surface area contributed by atoms with Gasteiger partial charge in [0.25, 0.3) is 5.91 Å². The zero-order chi connectivity index (χ0) is 15.2. The van der Waals surface area contributed by atoms with Gasteiger partial charge in [0.2, 0.25) is 5.15 Å². The third-order valence-corrected chi connectivity index (χ3v) is 3.40. The minimum Gasteiger partial charge on any atom is -0.379 e. The van der Waals surface area contributed by atoms with Crippen molar-refractivity contribution in [3.8, 4) is 0 Å². The maximum atomic E-state index is 12.0. The minimum atomic E-state index is -0.702. The average molecular weight is 315 g/mol. The fraction of sp³-hybridized carbons (Fsp3) is 0.500.